The van der Waals surface area contributed by atoms with Crippen LogP contribution in [0.5, 0.6) is 5.75 Å². The van der Waals surface area contributed by atoms with Crippen LogP contribution < -0.4 is 15.0 Å². The number of hydrogen-bond acceptors (Lipinski definition) is 4. The van der Waals surface area contributed by atoms with Gasteiger partial charge in [-0.3, -0.25) is 9.69 Å². The first-order chi connectivity index (χ1) is 13.6. The van der Waals surface area contributed by atoms with Crippen molar-refractivity contribution in [3.63, 3.8) is 0 Å². The number of carbonyl (C=O) groups excluding carboxylic acids is 1. The predicted molar refractivity (Wildman–Crippen MR) is 114 cm³/mol. The second-order valence-corrected chi connectivity index (χ2v) is 7.42. The maximum Gasteiger partial charge on any atom is 0.234 e. The standard InChI is InChI=1S/C23H31N3O2/c1-19-7-5-9-21(17-19)28-16-6-11-24-23(27)18-25-12-14-26(15-13-25)22-10-4-3-8-20(22)2/h3-5,7-10,17H,6,11-16,18H2,1-2H3,(H,24,27). The van der Waals surface area contributed by atoms with Gasteiger partial charge in [0.2, 0.25) is 5.91 Å². The SMILES string of the molecule is Cc1cccc(OCCCNC(=O)CN2CCN(c3ccccc3C)CC2)c1. The zero-order chi connectivity index (χ0) is 19.8. The van der Waals surface area contributed by atoms with E-state index in [1.165, 1.54) is 16.8 Å². The van der Waals surface area contributed by atoms with Crippen LogP contribution >= 0.6 is 0 Å². The van der Waals surface area contributed by atoms with E-state index in [4.69, 9.17) is 4.74 Å². The van der Waals surface area contributed by atoms with E-state index in [1.54, 1.807) is 0 Å². The summed E-state index contributed by atoms with van der Waals surface area (Å²) in [6.45, 7) is 9.68. The first-order valence-electron chi connectivity index (χ1n) is 10.1. The van der Waals surface area contributed by atoms with Gasteiger partial charge in [-0.15, -0.1) is 0 Å². The molecule has 1 fully saturated rings. The summed E-state index contributed by atoms with van der Waals surface area (Å²) in [6, 6.07) is 16.5. The lowest BCUT2D eigenvalue weighted by molar-refractivity contribution is -0.122. The van der Waals surface area contributed by atoms with Crippen LogP contribution in [0, 0.1) is 13.8 Å². The van der Waals surface area contributed by atoms with E-state index in [0.29, 0.717) is 19.7 Å². The molecule has 5 nitrogen and oxygen atoms in total. The number of piperazine rings is 1. The Morgan fingerprint density at radius 1 is 1.04 bits per heavy atom. The molecular formula is C23H31N3O2. The van der Waals surface area contributed by atoms with Crippen molar-refractivity contribution in [2.24, 2.45) is 0 Å². The molecule has 2 aromatic rings. The normalized spacial score (nSPS) is 14.7. The molecule has 3 rings (SSSR count). The molecule has 0 aromatic heterocycles. The topological polar surface area (TPSA) is 44.8 Å². The van der Waals surface area contributed by atoms with Gasteiger partial charge in [-0.1, -0.05) is 30.3 Å². The zero-order valence-electron chi connectivity index (χ0n) is 17.0. The molecule has 0 atom stereocenters. The smallest absolute Gasteiger partial charge is 0.234 e. The molecule has 28 heavy (non-hydrogen) atoms. The van der Waals surface area contributed by atoms with Crippen LogP contribution in [0.25, 0.3) is 0 Å². The number of hydrogen-bond donors (Lipinski definition) is 1. The summed E-state index contributed by atoms with van der Waals surface area (Å²) in [7, 11) is 0. The molecule has 5 heteroatoms. The number of aryl methyl sites for hydroxylation is 2. The fourth-order valence-electron chi connectivity index (χ4n) is 3.52. The van der Waals surface area contributed by atoms with E-state index in [1.807, 2.05) is 31.2 Å². The number of amides is 1. The van der Waals surface area contributed by atoms with Gasteiger partial charge in [0.05, 0.1) is 13.2 Å². The molecule has 1 aliphatic heterocycles. The average molecular weight is 382 g/mol. The van der Waals surface area contributed by atoms with Crippen LogP contribution in [-0.4, -0.2) is 56.7 Å². The molecule has 0 bridgehead atoms. The highest BCUT2D eigenvalue weighted by atomic mass is 16.5. The number of nitrogens with zero attached hydrogens (tertiary/aromatic N) is 2. The van der Waals surface area contributed by atoms with Crippen molar-refractivity contribution in [3.8, 4) is 5.75 Å². The van der Waals surface area contributed by atoms with E-state index in [2.05, 4.69) is 46.3 Å². The fraction of sp³-hybridized carbons (Fsp3) is 0.435. The molecule has 1 aliphatic rings. The highest BCUT2D eigenvalue weighted by Crippen LogP contribution is 2.20. The molecule has 1 amide bonds. The maximum atomic E-state index is 12.2. The Morgan fingerprint density at radius 3 is 2.57 bits per heavy atom. The van der Waals surface area contributed by atoms with Crippen LogP contribution in [0.2, 0.25) is 0 Å². The van der Waals surface area contributed by atoms with Crippen molar-refractivity contribution in [2.75, 3.05) is 50.8 Å². The lowest BCUT2D eigenvalue weighted by atomic mass is 10.1. The Bertz CT molecular complexity index is 770. The summed E-state index contributed by atoms with van der Waals surface area (Å²) in [5, 5.41) is 3.01. The quantitative estimate of drug-likeness (QED) is 0.714. The van der Waals surface area contributed by atoms with E-state index in [-0.39, 0.29) is 5.91 Å². The third kappa shape index (κ3) is 5.99. The van der Waals surface area contributed by atoms with Crippen LogP contribution in [0.1, 0.15) is 17.5 Å². The molecule has 1 heterocycles. The highest BCUT2D eigenvalue weighted by molar-refractivity contribution is 5.78. The van der Waals surface area contributed by atoms with Crippen molar-refractivity contribution in [1.82, 2.24) is 10.2 Å². The number of anilines is 1. The maximum absolute atomic E-state index is 12.2. The summed E-state index contributed by atoms with van der Waals surface area (Å²) in [4.78, 5) is 16.8. The van der Waals surface area contributed by atoms with Crippen molar-refractivity contribution >= 4 is 11.6 Å². The predicted octanol–water partition coefficient (Wildman–Crippen LogP) is 3.01. The largest absolute Gasteiger partial charge is 0.494 e. The number of para-hydroxylation sites is 1. The Hall–Kier alpha value is -2.53. The van der Waals surface area contributed by atoms with E-state index in [9.17, 15) is 4.79 Å². The first kappa shape index (κ1) is 20.2. The molecule has 0 aliphatic carbocycles. The van der Waals surface area contributed by atoms with Gasteiger partial charge in [-0.05, 0) is 49.6 Å². The van der Waals surface area contributed by atoms with Crippen LogP contribution in [0.4, 0.5) is 5.69 Å². The first-order valence-corrected chi connectivity index (χ1v) is 10.1. The minimum Gasteiger partial charge on any atom is -0.494 e. The van der Waals surface area contributed by atoms with Gasteiger partial charge >= 0.3 is 0 Å². The highest BCUT2D eigenvalue weighted by Gasteiger charge is 2.19. The number of carbonyl (C=O) groups is 1. The van der Waals surface area contributed by atoms with Gasteiger partial charge in [0, 0.05) is 38.4 Å². The Morgan fingerprint density at radius 2 is 1.82 bits per heavy atom. The molecule has 2 aromatic carbocycles. The van der Waals surface area contributed by atoms with Gasteiger partial charge in [0.15, 0.2) is 0 Å². The third-order valence-electron chi connectivity index (χ3n) is 5.10. The minimum atomic E-state index is 0.0971. The van der Waals surface area contributed by atoms with Gasteiger partial charge in [0.1, 0.15) is 5.75 Å². The third-order valence-corrected chi connectivity index (χ3v) is 5.10. The number of nitrogens with one attached hydrogen (secondary N) is 1. The summed E-state index contributed by atoms with van der Waals surface area (Å²) in [6.07, 6.45) is 0.806. The van der Waals surface area contributed by atoms with Crippen molar-refractivity contribution in [3.05, 3.63) is 59.7 Å². The molecule has 0 unspecified atom stereocenters. The lowest BCUT2D eigenvalue weighted by Gasteiger charge is -2.36. The van der Waals surface area contributed by atoms with Gasteiger partial charge in [0.25, 0.3) is 0 Å². The summed E-state index contributed by atoms with van der Waals surface area (Å²) >= 11 is 0. The lowest BCUT2D eigenvalue weighted by Crippen LogP contribution is -2.49. The van der Waals surface area contributed by atoms with Crippen molar-refractivity contribution < 1.29 is 9.53 Å². The molecule has 0 saturated carbocycles. The van der Waals surface area contributed by atoms with Crippen LogP contribution in [-0.2, 0) is 4.79 Å². The van der Waals surface area contributed by atoms with Gasteiger partial charge in [-0.2, -0.15) is 0 Å². The Balaban J connectivity index is 1.30. The van der Waals surface area contributed by atoms with Gasteiger partial charge in [-0.25, -0.2) is 0 Å². The second-order valence-electron chi connectivity index (χ2n) is 7.42. The number of rotatable bonds is 8. The fourth-order valence-corrected chi connectivity index (χ4v) is 3.52. The monoisotopic (exact) mass is 381 g/mol. The Kier molecular flexibility index (Phi) is 7.31. The minimum absolute atomic E-state index is 0.0971. The van der Waals surface area contributed by atoms with Crippen molar-refractivity contribution in [1.29, 1.82) is 0 Å². The van der Waals surface area contributed by atoms with Crippen LogP contribution in [0.15, 0.2) is 48.5 Å². The summed E-state index contributed by atoms with van der Waals surface area (Å²) < 4.78 is 5.71. The number of benzene rings is 2. The summed E-state index contributed by atoms with van der Waals surface area (Å²) in [5.41, 5.74) is 3.80. The van der Waals surface area contributed by atoms with E-state index >= 15 is 0 Å². The Labute approximate surface area is 168 Å². The average Bonchev–Trinajstić information content (AvgIpc) is 2.69. The van der Waals surface area contributed by atoms with Crippen LogP contribution in [0.3, 0.4) is 0 Å². The zero-order valence-corrected chi connectivity index (χ0v) is 17.0. The molecular weight excluding hydrogens is 350 g/mol. The molecule has 1 saturated heterocycles. The van der Waals surface area contributed by atoms with Crippen molar-refractivity contribution in [2.45, 2.75) is 20.3 Å². The van der Waals surface area contributed by atoms with E-state index in [0.717, 1.165) is 38.3 Å². The number of ether oxygens (including phenoxy) is 1. The second kappa shape index (κ2) is 10.1. The molecule has 0 radical (unpaired) electrons. The molecule has 150 valence electrons. The molecule has 1 N–H and O–H groups in total. The van der Waals surface area contributed by atoms with Gasteiger partial charge < -0.3 is 15.0 Å². The van der Waals surface area contributed by atoms with E-state index < -0.39 is 0 Å². The summed E-state index contributed by atoms with van der Waals surface area (Å²) in [5.74, 6) is 0.984. The molecule has 0 spiro atoms.